The topological polar surface area (TPSA) is 53.2 Å². The SMILES string of the molecule is CCN1C(=O)C[C@H](c2c(-c3ccccc3)[nH]c3ccccc23)C1=O. The molecule has 4 rings (SSSR count). The number of likely N-dealkylation sites (tertiary alicyclic amines) is 1. The molecule has 1 fully saturated rings. The van der Waals surface area contributed by atoms with Crippen molar-refractivity contribution < 1.29 is 9.59 Å². The predicted molar refractivity (Wildman–Crippen MR) is 93.5 cm³/mol. The fourth-order valence-electron chi connectivity index (χ4n) is 3.60. The summed E-state index contributed by atoms with van der Waals surface area (Å²) in [6.45, 7) is 2.27. The minimum Gasteiger partial charge on any atom is -0.354 e. The Morgan fingerprint density at radius 2 is 1.75 bits per heavy atom. The molecule has 2 amide bonds. The number of carbonyl (C=O) groups excluding carboxylic acids is 2. The monoisotopic (exact) mass is 318 g/mol. The Morgan fingerprint density at radius 3 is 2.46 bits per heavy atom. The molecule has 0 radical (unpaired) electrons. The molecule has 4 nitrogen and oxygen atoms in total. The molecule has 4 heteroatoms. The van der Waals surface area contributed by atoms with Crippen LogP contribution in [0.3, 0.4) is 0 Å². The van der Waals surface area contributed by atoms with E-state index in [0.29, 0.717) is 6.54 Å². The van der Waals surface area contributed by atoms with Crippen LogP contribution in [0.4, 0.5) is 0 Å². The van der Waals surface area contributed by atoms with Crippen molar-refractivity contribution in [2.75, 3.05) is 6.54 Å². The highest BCUT2D eigenvalue weighted by molar-refractivity contribution is 6.09. The third kappa shape index (κ3) is 2.14. The first-order chi connectivity index (χ1) is 11.7. The molecule has 0 saturated carbocycles. The molecular weight excluding hydrogens is 300 g/mol. The van der Waals surface area contributed by atoms with Crippen LogP contribution in [0.25, 0.3) is 22.2 Å². The highest BCUT2D eigenvalue weighted by atomic mass is 16.2. The van der Waals surface area contributed by atoms with Gasteiger partial charge in [-0.25, -0.2) is 0 Å². The molecular formula is C20H18N2O2. The van der Waals surface area contributed by atoms with E-state index in [1.54, 1.807) is 0 Å². The molecule has 1 atom stereocenters. The van der Waals surface area contributed by atoms with Gasteiger partial charge in [-0.05, 0) is 24.1 Å². The van der Waals surface area contributed by atoms with Gasteiger partial charge in [-0.15, -0.1) is 0 Å². The molecule has 1 aliphatic rings. The van der Waals surface area contributed by atoms with E-state index in [0.717, 1.165) is 27.7 Å². The molecule has 0 bridgehead atoms. The average Bonchev–Trinajstić information content (AvgIpc) is 3.12. The standard InChI is InChI=1S/C20H18N2O2/c1-2-22-17(23)12-15(20(22)24)18-14-10-6-7-11-16(14)21-19(18)13-8-4-3-5-9-13/h3-11,15,21H,2,12H2,1H3/t15-/m1/s1. The summed E-state index contributed by atoms with van der Waals surface area (Å²) in [5.74, 6) is -0.593. The van der Waals surface area contributed by atoms with E-state index in [1.165, 1.54) is 4.90 Å². The molecule has 24 heavy (non-hydrogen) atoms. The maximum Gasteiger partial charge on any atom is 0.237 e. The number of rotatable bonds is 3. The van der Waals surface area contributed by atoms with Crippen LogP contribution in [-0.2, 0) is 9.59 Å². The third-order valence-corrected chi connectivity index (χ3v) is 4.72. The van der Waals surface area contributed by atoms with Crippen LogP contribution in [0.1, 0.15) is 24.8 Å². The Labute approximate surface area is 140 Å². The van der Waals surface area contributed by atoms with E-state index >= 15 is 0 Å². The van der Waals surface area contributed by atoms with Gasteiger partial charge in [-0.3, -0.25) is 14.5 Å². The van der Waals surface area contributed by atoms with E-state index in [4.69, 9.17) is 0 Å². The fraction of sp³-hybridized carbons (Fsp3) is 0.200. The lowest BCUT2D eigenvalue weighted by Crippen LogP contribution is -2.29. The molecule has 1 saturated heterocycles. The van der Waals surface area contributed by atoms with Crippen molar-refractivity contribution in [2.45, 2.75) is 19.3 Å². The normalized spacial score (nSPS) is 17.9. The van der Waals surface area contributed by atoms with Gasteiger partial charge in [0.2, 0.25) is 11.8 Å². The first-order valence-electron chi connectivity index (χ1n) is 8.21. The highest BCUT2D eigenvalue weighted by Gasteiger charge is 2.40. The number of imide groups is 1. The number of benzene rings is 2. The van der Waals surface area contributed by atoms with Crippen molar-refractivity contribution in [3.05, 3.63) is 60.2 Å². The number of hydrogen-bond donors (Lipinski definition) is 1. The zero-order chi connectivity index (χ0) is 16.7. The summed E-state index contributed by atoms with van der Waals surface area (Å²) in [5.41, 5.74) is 3.88. The minimum atomic E-state index is -0.413. The van der Waals surface area contributed by atoms with Crippen LogP contribution in [0.15, 0.2) is 54.6 Å². The van der Waals surface area contributed by atoms with Crippen LogP contribution in [0.2, 0.25) is 0 Å². The van der Waals surface area contributed by atoms with Gasteiger partial charge in [0.15, 0.2) is 0 Å². The first-order valence-corrected chi connectivity index (χ1v) is 8.21. The van der Waals surface area contributed by atoms with Crippen LogP contribution in [0, 0.1) is 0 Å². The van der Waals surface area contributed by atoms with E-state index in [1.807, 2.05) is 61.5 Å². The Kier molecular flexibility index (Phi) is 3.45. The number of amides is 2. The van der Waals surface area contributed by atoms with Crippen molar-refractivity contribution in [2.24, 2.45) is 0 Å². The summed E-state index contributed by atoms with van der Waals surface area (Å²) < 4.78 is 0. The number of H-pyrrole nitrogens is 1. The van der Waals surface area contributed by atoms with Gasteiger partial charge in [0, 0.05) is 23.9 Å². The van der Waals surface area contributed by atoms with Gasteiger partial charge in [0.25, 0.3) is 0 Å². The lowest BCUT2D eigenvalue weighted by molar-refractivity contribution is -0.138. The lowest BCUT2D eigenvalue weighted by atomic mass is 9.92. The molecule has 0 unspecified atom stereocenters. The van der Waals surface area contributed by atoms with Crippen LogP contribution < -0.4 is 0 Å². The van der Waals surface area contributed by atoms with Gasteiger partial charge >= 0.3 is 0 Å². The Hall–Kier alpha value is -2.88. The van der Waals surface area contributed by atoms with Gasteiger partial charge in [0.1, 0.15) is 0 Å². The van der Waals surface area contributed by atoms with Gasteiger partial charge in [0.05, 0.1) is 11.6 Å². The van der Waals surface area contributed by atoms with Crippen molar-refractivity contribution in [3.8, 4) is 11.3 Å². The Morgan fingerprint density at radius 1 is 1.04 bits per heavy atom. The number of para-hydroxylation sites is 1. The summed E-state index contributed by atoms with van der Waals surface area (Å²) in [6, 6.07) is 17.9. The first kappa shape index (κ1) is 14.7. The molecule has 1 N–H and O–H groups in total. The summed E-state index contributed by atoms with van der Waals surface area (Å²) >= 11 is 0. The molecule has 2 aromatic carbocycles. The number of fused-ring (bicyclic) bond motifs is 1. The molecule has 2 heterocycles. The average molecular weight is 318 g/mol. The maximum absolute atomic E-state index is 12.8. The second kappa shape index (κ2) is 5.64. The largest absolute Gasteiger partial charge is 0.354 e. The molecule has 0 spiro atoms. The molecule has 0 aliphatic carbocycles. The Balaban J connectivity index is 1.94. The van der Waals surface area contributed by atoms with Crippen LogP contribution in [0.5, 0.6) is 0 Å². The van der Waals surface area contributed by atoms with Crippen molar-refractivity contribution >= 4 is 22.7 Å². The molecule has 1 aliphatic heterocycles. The van der Waals surface area contributed by atoms with E-state index in [2.05, 4.69) is 4.98 Å². The summed E-state index contributed by atoms with van der Waals surface area (Å²) in [5, 5.41) is 1.01. The van der Waals surface area contributed by atoms with E-state index in [9.17, 15) is 9.59 Å². The quantitative estimate of drug-likeness (QED) is 0.749. The van der Waals surface area contributed by atoms with Crippen LogP contribution >= 0.6 is 0 Å². The van der Waals surface area contributed by atoms with Crippen LogP contribution in [-0.4, -0.2) is 28.2 Å². The number of aromatic nitrogens is 1. The molecule has 1 aromatic heterocycles. The fourth-order valence-corrected chi connectivity index (χ4v) is 3.60. The second-order valence-electron chi connectivity index (χ2n) is 6.06. The number of nitrogens with one attached hydrogen (secondary N) is 1. The maximum atomic E-state index is 12.8. The minimum absolute atomic E-state index is 0.0863. The van der Waals surface area contributed by atoms with Gasteiger partial charge < -0.3 is 4.98 Å². The summed E-state index contributed by atoms with van der Waals surface area (Å²) in [4.78, 5) is 29.8. The zero-order valence-electron chi connectivity index (χ0n) is 13.5. The van der Waals surface area contributed by atoms with Crippen molar-refractivity contribution in [1.82, 2.24) is 9.88 Å². The highest BCUT2D eigenvalue weighted by Crippen LogP contribution is 2.40. The molecule has 3 aromatic rings. The number of likely N-dealkylation sites (N-methyl/N-ethyl adjacent to an activating group) is 1. The smallest absolute Gasteiger partial charge is 0.237 e. The van der Waals surface area contributed by atoms with Gasteiger partial charge in [-0.2, -0.15) is 0 Å². The van der Waals surface area contributed by atoms with Gasteiger partial charge in [-0.1, -0.05) is 48.5 Å². The number of hydrogen-bond acceptors (Lipinski definition) is 2. The molecule has 120 valence electrons. The zero-order valence-corrected chi connectivity index (χ0v) is 13.5. The summed E-state index contributed by atoms with van der Waals surface area (Å²) in [6.07, 6.45) is 0.244. The van der Waals surface area contributed by atoms with Crippen molar-refractivity contribution in [1.29, 1.82) is 0 Å². The predicted octanol–water partition coefficient (Wildman–Crippen LogP) is 3.70. The number of carbonyl (C=O) groups is 2. The summed E-state index contributed by atoms with van der Waals surface area (Å²) in [7, 11) is 0. The Bertz CT molecular complexity index is 927. The van der Waals surface area contributed by atoms with Crippen molar-refractivity contribution in [3.63, 3.8) is 0 Å². The van der Waals surface area contributed by atoms with E-state index < -0.39 is 5.92 Å². The third-order valence-electron chi connectivity index (χ3n) is 4.72. The second-order valence-corrected chi connectivity index (χ2v) is 6.06. The van der Waals surface area contributed by atoms with E-state index in [-0.39, 0.29) is 18.2 Å². The number of aromatic amines is 1. The lowest BCUT2D eigenvalue weighted by Gasteiger charge is -2.13. The number of nitrogens with zero attached hydrogens (tertiary/aromatic N) is 1.